The van der Waals surface area contributed by atoms with Gasteiger partial charge < -0.3 is 10.1 Å². The number of hydrogen-bond acceptors (Lipinski definition) is 2. The summed E-state index contributed by atoms with van der Waals surface area (Å²) in [5.41, 5.74) is 3.58. The first-order valence-electron chi connectivity index (χ1n) is 8.51. The van der Waals surface area contributed by atoms with Crippen LogP contribution in [-0.4, -0.2) is 12.5 Å². The molecular weight excluding hydrogens is 310 g/mol. The molecule has 3 heteroatoms. The summed E-state index contributed by atoms with van der Waals surface area (Å²) in [6.07, 6.45) is 0. The molecule has 3 aromatic rings. The first kappa shape index (κ1) is 17.0. The predicted octanol–water partition coefficient (Wildman–Crippen LogP) is 4.71. The topological polar surface area (TPSA) is 38.3 Å². The Morgan fingerprint density at radius 3 is 2.56 bits per heavy atom. The zero-order chi connectivity index (χ0) is 17.8. The molecule has 3 nitrogen and oxygen atoms in total. The Morgan fingerprint density at radius 2 is 1.76 bits per heavy atom. The molecule has 0 aliphatic rings. The second kappa shape index (κ2) is 7.39. The largest absolute Gasteiger partial charge is 0.483 e. The summed E-state index contributed by atoms with van der Waals surface area (Å²) in [5.74, 6) is 0.603. The number of benzene rings is 3. The van der Waals surface area contributed by atoms with E-state index in [-0.39, 0.29) is 18.6 Å². The Kier molecular flexibility index (Phi) is 5.03. The van der Waals surface area contributed by atoms with Gasteiger partial charge in [0.05, 0.1) is 6.04 Å². The monoisotopic (exact) mass is 333 g/mol. The van der Waals surface area contributed by atoms with E-state index >= 15 is 0 Å². The summed E-state index contributed by atoms with van der Waals surface area (Å²) in [6, 6.07) is 20.1. The highest BCUT2D eigenvalue weighted by Gasteiger charge is 2.11. The van der Waals surface area contributed by atoms with Gasteiger partial charge in [0.1, 0.15) is 5.75 Å². The van der Waals surface area contributed by atoms with Crippen LogP contribution in [0, 0.1) is 13.8 Å². The average molecular weight is 333 g/mol. The highest BCUT2D eigenvalue weighted by molar-refractivity contribution is 5.88. The number of ether oxygens (including phenoxy) is 1. The fourth-order valence-corrected chi connectivity index (χ4v) is 2.87. The molecule has 0 aromatic heterocycles. The summed E-state index contributed by atoms with van der Waals surface area (Å²) in [4.78, 5) is 12.3. The van der Waals surface area contributed by atoms with Crippen molar-refractivity contribution in [1.29, 1.82) is 0 Å². The number of carbonyl (C=O) groups is 1. The number of hydrogen-bond donors (Lipinski definition) is 1. The minimum absolute atomic E-state index is 0.00317. The molecule has 128 valence electrons. The van der Waals surface area contributed by atoms with E-state index in [0.29, 0.717) is 0 Å². The molecular formula is C22H23NO2. The van der Waals surface area contributed by atoms with Crippen molar-refractivity contribution in [2.24, 2.45) is 0 Å². The van der Waals surface area contributed by atoms with Gasteiger partial charge in [-0.3, -0.25) is 4.79 Å². The van der Waals surface area contributed by atoms with E-state index in [1.165, 1.54) is 11.1 Å². The SMILES string of the molecule is Cc1ccc(C(C)NC(=O)COc2cccc3ccccc23)cc1C. The van der Waals surface area contributed by atoms with Gasteiger partial charge in [0.25, 0.3) is 5.91 Å². The van der Waals surface area contributed by atoms with Crippen molar-refractivity contribution >= 4 is 16.7 Å². The minimum atomic E-state index is -0.126. The number of fused-ring (bicyclic) bond motifs is 1. The first-order chi connectivity index (χ1) is 12.0. The Morgan fingerprint density at radius 1 is 1.00 bits per heavy atom. The third-order valence-corrected chi connectivity index (χ3v) is 4.52. The maximum Gasteiger partial charge on any atom is 0.258 e. The highest BCUT2D eigenvalue weighted by Crippen LogP contribution is 2.25. The van der Waals surface area contributed by atoms with E-state index in [9.17, 15) is 4.79 Å². The molecule has 1 unspecified atom stereocenters. The Bertz CT molecular complexity index is 896. The van der Waals surface area contributed by atoms with Crippen molar-refractivity contribution in [3.05, 3.63) is 77.4 Å². The zero-order valence-corrected chi connectivity index (χ0v) is 14.9. The van der Waals surface area contributed by atoms with Gasteiger partial charge in [0.2, 0.25) is 0 Å². The molecule has 3 aromatic carbocycles. The summed E-state index contributed by atoms with van der Waals surface area (Å²) >= 11 is 0. The highest BCUT2D eigenvalue weighted by atomic mass is 16.5. The Hall–Kier alpha value is -2.81. The van der Waals surface area contributed by atoms with Crippen molar-refractivity contribution in [2.45, 2.75) is 26.8 Å². The number of nitrogens with one attached hydrogen (secondary N) is 1. The van der Waals surface area contributed by atoms with Crippen LogP contribution in [0.5, 0.6) is 5.75 Å². The second-order valence-electron chi connectivity index (χ2n) is 6.40. The summed E-state index contributed by atoms with van der Waals surface area (Å²) in [7, 11) is 0. The quantitative estimate of drug-likeness (QED) is 0.734. The molecule has 1 amide bonds. The Balaban J connectivity index is 1.63. The van der Waals surface area contributed by atoms with Gasteiger partial charge in [-0.2, -0.15) is 0 Å². The number of aryl methyl sites for hydroxylation is 2. The fourth-order valence-electron chi connectivity index (χ4n) is 2.87. The third kappa shape index (κ3) is 4.00. The minimum Gasteiger partial charge on any atom is -0.483 e. The van der Waals surface area contributed by atoms with Gasteiger partial charge in [-0.05, 0) is 48.9 Å². The third-order valence-electron chi connectivity index (χ3n) is 4.52. The van der Waals surface area contributed by atoms with Crippen LogP contribution in [0.2, 0.25) is 0 Å². The molecule has 0 aliphatic heterocycles. The van der Waals surface area contributed by atoms with Crippen LogP contribution < -0.4 is 10.1 Å². The second-order valence-corrected chi connectivity index (χ2v) is 6.40. The molecule has 0 fully saturated rings. The number of amides is 1. The van der Waals surface area contributed by atoms with Gasteiger partial charge in [-0.25, -0.2) is 0 Å². The predicted molar refractivity (Wildman–Crippen MR) is 102 cm³/mol. The van der Waals surface area contributed by atoms with Gasteiger partial charge in [-0.15, -0.1) is 0 Å². The zero-order valence-electron chi connectivity index (χ0n) is 14.9. The lowest BCUT2D eigenvalue weighted by Gasteiger charge is -2.16. The molecule has 25 heavy (non-hydrogen) atoms. The van der Waals surface area contributed by atoms with Gasteiger partial charge >= 0.3 is 0 Å². The first-order valence-corrected chi connectivity index (χ1v) is 8.51. The summed E-state index contributed by atoms with van der Waals surface area (Å²) in [6.45, 7) is 6.15. The van der Waals surface area contributed by atoms with Gasteiger partial charge in [0, 0.05) is 5.39 Å². The number of rotatable bonds is 5. The lowest BCUT2D eigenvalue weighted by atomic mass is 10.0. The van der Waals surface area contributed by atoms with E-state index in [1.54, 1.807) is 0 Å². The fraction of sp³-hybridized carbons (Fsp3) is 0.227. The van der Waals surface area contributed by atoms with E-state index < -0.39 is 0 Å². The molecule has 0 saturated carbocycles. The smallest absolute Gasteiger partial charge is 0.258 e. The molecule has 0 bridgehead atoms. The van der Waals surface area contributed by atoms with Crippen LogP contribution in [0.15, 0.2) is 60.7 Å². The van der Waals surface area contributed by atoms with Crippen LogP contribution in [0.4, 0.5) is 0 Å². The van der Waals surface area contributed by atoms with E-state index in [2.05, 4.69) is 37.4 Å². The molecule has 0 spiro atoms. The standard InChI is InChI=1S/C22H23NO2/c1-15-11-12-19(13-16(15)2)17(3)23-22(24)14-25-21-10-6-8-18-7-4-5-9-20(18)21/h4-13,17H,14H2,1-3H3,(H,23,24). The molecule has 1 N–H and O–H groups in total. The summed E-state index contributed by atoms with van der Waals surface area (Å²) < 4.78 is 5.75. The molecule has 3 rings (SSSR count). The van der Waals surface area contributed by atoms with Crippen LogP contribution in [0.3, 0.4) is 0 Å². The normalized spacial score (nSPS) is 12.0. The van der Waals surface area contributed by atoms with Crippen molar-refractivity contribution in [1.82, 2.24) is 5.32 Å². The average Bonchev–Trinajstić information content (AvgIpc) is 2.62. The Labute approximate surface area is 148 Å². The molecule has 0 aliphatic carbocycles. The maximum absolute atomic E-state index is 12.3. The number of carbonyl (C=O) groups excluding carboxylic acids is 1. The maximum atomic E-state index is 12.3. The van der Waals surface area contributed by atoms with E-state index in [1.807, 2.05) is 49.4 Å². The molecule has 1 atom stereocenters. The molecule has 0 radical (unpaired) electrons. The van der Waals surface area contributed by atoms with Crippen LogP contribution in [-0.2, 0) is 4.79 Å². The van der Waals surface area contributed by atoms with Crippen LogP contribution in [0.1, 0.15) is 29.7 Å². The lowest BCUT2D eigenvalue weighted by Crippen LogP contribution is -2.31. The van der Waals surface area contributed by atoms with Crippen molar-refractivity contribution in [3.63, 3.8) is 0 Å². The van der Waals surface area contributed by atoms with E-state index in [4.69, 9.17) is 4.74 Å². The van der Waals surface area contributed by atoms with Crippen LogP contribution >= 0.6 is 0 Å². The lowest BCUT2D eigenvalue weighted by molar-refractivity contribution is -0.123. The van der Waals surface area contributed by atoms with Gasteiger partial charge in [-0.1, -0.05) is 54.6 Å². The van der Waals surface area contributed by atoms with Gasteiger partial charge in [0.15, 0.2) is 6.61 Å². The van der Waals surface area contributed by atoms with Crippen molar-refractivity contribution < 1.29 is 9.53 Å². The molecule has 0 heterocycles. The van der Waals surface area contributed by atoms with E-state index in [0.717, 1.165) is 22.1 Å². The molecule has 0 saturated heterocycles. The van der Waals surface area contributed by atoms with Crippen molar-refractivity contribution in [3.8, 4) is 5.75 Å². The van der Waals surface area contributed by atoms with Crippen molar-refractivity contribution in [2.75, 3.05) is 6.61 Å². The van der Waals surface area contributed by atoms with Crippen LogP contribution in [0.25, 0.3) is 10.8 Å². The summed E-state index contributed by atoms with van der Waals surface area (Å²) in [5, 5.41) is 5.11.